The molecule has 21 heavy (non-hydrogen) atoms. The lowest BCUT2D eigenvalue weighted by Gasteiger charge is -2.20. The highest BCUT2D eigenvalue weighted by atomic mass is 35.5. The molecule has 1 unspecified atom stereocenters. The van der Waals surface area contributed by atoms with E-state index in [-0.39, 0.29) is 6.04 Å². The summed E-state index contributed by atoms with van der Waals surface area (Å²) in [5.74, 6) is 0.800. The number of nitrogens with zero attached hydrogens (tertiary/aromatic N) is 2. The predicted octanol–water partition coefficient (Wildman–Crippen LogP) is 3.55. The summed E-state index contributed by atoms with van der Waals surface area (Å²) in [6.07, 6.45) is 0.698. The Morgan fingerprint density at radius 3 is 2.62 bits per heavy atom. The van der Waals surface area contributed by atoms with E-state index in [0.29, 0.717) is 16.5 Å². The molecule has 0 fully saturated rings. The summed E-state index contributed by atoms with van der Waals surface area (Å²) >= 11 is 12.5. The smallest absolute Gasteiger partial charge is 0.123 e. The molecule has 6 heteroatoms. The Kier molecular flexibility index (Phi) is 5.14. The van der Waals surface area contributed by atoms with Gasteiger partial charge in [0.2, 0.25) is 0 Å². The molecule has 1 atom stereocenters. The summed E-state index contributed by atoms with van der Waals surface area (Å²) in [4.78, 5) is 0. The van der Waals surface area contributed by atoms with Gasteiger partial charge in [-0.2, -0.15) is 5.10 Å². The largest absolute Gasteiger partial charge is 0.496 e. The second-order valence-electron chi connectivity index (χ2n) is 4.90. The van der Waals surface area contributed by atoms with E-state index in [1.807, 2.05) is 43.9 Å². The molecule has 114 valence electrons. The molecule has 0 amide bonds. The molecular formula is C15H19Cl2N3O. The first kappa shape index (κ1) is 16.1. The fourth-order valence-electron chi connectivity index (χ4n) is 2.44. The number of hydrogen-bond acceptors (Lipinski definition) is 3. The van der Waals surface area contributed by atoms with Crippen LogP contribution in [0.5, 0.6) is 5.75 Å². The minimum atomic E-state index is 0.0333. The van der Waals surface area contributed by atoms with E-state index in [2.05, 4.69) is 10.4 Å². The maximum atomic E-state index is 6.34. The average Bonchev–Trinajstić information content (AvgIpc) is 2.70. The summed E-state index contributed by atoms with van der Waals surface area (Å²) in [7, 11) is 5.46. The van der Waals surface area contributed by atoms with Crippen LogP contribution in [-0.4, -0.2) is 23.9 Å². The van der Waals surface area contributed by atoms with E-state index in [9.17, 15) is 0 Å². The van der Waals surface area contributed by atoms with Crippen LogP contribution in [0.3, 0.4) is 0 Å². The lowest BCUT2D eigenvalue weighted by Crippen LogP contribution is -2.21. The number of ether oxygens (including phenoxy) is 1. The van der Waals surface area contributed by atoms with E-state index >= 15 is 0 Å². The minimum Gasteiger partial charge on any atom is -0.496 e. The molecule has 0 aliphatic carbocycles. The number of rotatable bonds is 5. The number of hydrogen-bond donors (Lipinski definition) is 1. The van der Waals surface area contributed by atoms with Crippen molar-refractivity contribution in [1.29, 1.82) is 0 Å². The number of aryl methyl sites for hydroxylation is 2. The average molecular weight is 328 g/mol. The molecule has 1 aromatic heterocycles. The van der Waals surface area contributed by atoms with Gasteiger partial charge in [0, 0.05) is 30.1 Å². The molecule has 0 saturated carbocycles. The summed E-state index contributed by atoms with van der Waals surface area (Å²) in [5.41, 5.74) is 2.82. The molecule has 2 rings (SSSR count). The number of likely N-dealkylation sites (N-methyl/N-ethyl adjacent to an activating group) is 1. The topological polar surface area (TPSA) is 39.1 Å². The molecule has 0 bridgehead atoms. The first-order chi connectivity index (χ1) is 9.97. The quantitative estimate of drug-likeness (QED) is 0.912. The summed E-state index contributed by atoms with van der Waals surface area (Å²) in [6.45, 7) is 1.90. The van der Waals surface area contributed by atoms with Crippen LogP contribution in [0.4, 0.5) is 0 Å². The maximum Gasteiger partial charge on any atom is 0.123 e. The minimum absolute atomic E-state index is 0.0333. The van der Waals surface area contributed by atoms with Crippen molar-refractivity contribution in [3.05, 3.63) is 45.2 Å². The van der Waals surface area contributed by atoms with Crippen molar-refractivity contribution in [3.63, 3.8) is 0 Å². The second-order valence-corrected chi connectivity index (χ2v) is 5.72. The van der Waals surface area contributed by atoms with E-state index in [4.69, 9.17) is 27.9 Å². The first-order valence-corrected chi connectivity index (χ1v) is 7.42. The molecule has 0 saturated heterocycles. The SMILES string of the molecule is CNC(Cc1c(Cl)c(C)nn1C)c1cc(Cl)ccc1OC. The highest BCUT2D eigenvalue weighted by Crippen LogP contribution is 2.32. The Morgan fingerprint density at radius 1 is 1.38 bits per heavy atom. The molecule has 1 aromatic carbocycles. The van der Waals surface area contributed by atoms with Gasteiger partial charge >= 0.3 is 0 Å². The maximum absolute atomic E-state index is 6.34. The molecule has 1 N–H and O–H groups in total. The van der Waals surface area contributed by atoms with Gasteiger partial charge in [-0.15, -0.1) is 0 Å². The van der Waals surface area contributed by atoms with Gasteiger partial charge in [0.25, 0.3) is 0 Å². The molecule has 1 heterocycles. The highest BCUT2D eigenvalue weighted by molar-refractivity contribution is 6.32. The van der Waals surface area contributed by atoms with Crippen molar-refractivity contribution in [2.45, 2.75) is 19.4 Å². The predicted molar refractivity (Wildman–Crippen MR) is 86.5 cm³/mol. The fourth-order valence-corrected chi connectivity index (χ4v) is 2.86. The van der Waals surface area contributed by atoms with Crippen LogP contribution in [0.1, 0.15) is 23.0 Å². The van der Waals surface area contributed by atoms with Crippen molar-refractivity contribution in [3.8, 4) is 5.75 Å². The lowest BCUT2D eigenvalue weighted by atomic mass is 10.0. The fraction of sp³-hybridized carbons (Fsp3) is 0.400. The van der Waals surface area contributed by atoms with Crippen LogP contribution in [0.15, 0.2) is 18.2 Å². The van der Waals surface area contributed by atoms with Crippen molar-refractivity contribution in [1.82, 2.24) is 15.1 Å². The van der Waals surface area contributed by atoms with Gasteiger partial charge in [-0.25, -0.2) is 0 Å². The first-order valence-electron chi connectivity index (χ1n) is 6.66. The van der Waals surface area contributed by atoms with E-state index in [1.165, 1.54) is 0 Å². The second kappa shape index (κ2) is 6.69. The highest BCUT2D eigenvalue weighted by Gasteiger charge is 2.20. The molecule has 2 aromatic rings. The van der Waals surface area contributed by atoms with Gasteiger partial charge in [-0.3, -0.25) is 4.68 Å². The third-order valence-corrected chi connectivity index (χ3v) is 4.30. The molecule has 0 spiro atoms. The molecule has 0 radical (unpaired) electrons. The van der Waals surface area contributed by atoms with Crippen LogP contribution in [0, 0.1) is 6.92 Å². The van der Waals surface area contributed by atoms with Gasteiger partial charge < -0.3 is 10.1 Å². The van der Waals surface area contributed by atoms with E-state index < -0.39 is 0 Å². The molecule has 0 aliphatic heterocycles. The van der Waals surface area contributed by atoms with E-state index in [0.717, 1.165) is 22.7 Å². The zero-order valence-electron chi connectivity index (χ0n) is 12.6. The molecular weight excluding hydrogens is 309 g/mol. The zero-order valence-corrected chi connectivity index (χ0v) is 14.1. The standard InChI is InChI=1S/C15H19Cl2N3O/c1-9-15(17)13(20(3)19-9)8-12(18-2)11-7-10(16)5-6-14(11)21-4/h5-7,12,18H,8H2,1-4H3. The summed E-state index contributed by atoms with van der Waals surface area (Å²) < 4.78 is 7.25. The molecule has 4 nitrogen and oxygen atoms in total. The van der Waals surface area contributed by atoms with Crippen LogP contribution in [0.25, 0.3) is 0 Å². The van der Waals surface area contributed by atoms with Crippen molar-refractivity contribution in [2.75, 3.05) is 14.2 Å². The summed E-state index contributed by atoms with van der Waals surface area (Å²) in [6, 6.07) is 5.64. The number of benzene rings is 1. The van der Waals surface area contributed by atoms with Gasteiger partial charge in [-0.1, -0.05) is 23.2 Å². The number of nitrogens with one attached hydrogen (secondary N) is 1. The Morgan fingerprint density at radius 2 is 2.10 bits per heavy atom. The van der Waals surface area contributed by atoms with Gasteiger partial charge in [-0.05, 0) is 32.2 Å². The number of halogens is 2. The number of methoxy groups -OCH3 is 1. The zero-order chi connectivity index (χ0) is 15.6. The van der Waals surface area contributed by atoms with Gasteiger partial charge in [0.05, 0.1) is 23.5 Å². The van der Waals surface area contributed by atoms with Crippen LogP contribution in [0.2, 0.25) is 10.0 Å². The van der Waals surface area contributed by atoms with Gasteiger partial charge in [0.15, 0.2) is 0 Å². The number of aromatic nitrogens is 2. The molecule has 0 aliphatic rings. The van der Waals surface area contributed by atoms with E-state index in [1.54, 1.807) is 7.11 Å². The van der Waals surface area contributed by atoms with Crippen molar-refractivity contribution >= 4 is 23.2 Å². The Bertz CT molecular complexity index is 640. The van der Waals surface area contributed by atoms with Crippen LogP contribution in [-0.2, 0) is 13.5 Å². The lowest BCUT2D eigenvalue weighted by molar-refractivity contribution is 0.400. The van der Waals surface area contributed by atoms with Crippen molar-refractivity contribution < 1.29 is 4.74 Å². The third-order valence-electron chi connectivity index (χ3n) is 3.57. The summed E-state index contributed by atoms with van der Waals surface area (Å²) in [5, 5.41) is 9.03. The normalized spacial score (nSPS) is 12.5. The Labute approximate surface area is 135 Å². The van der Waals surface area contributed by atoms with Gasteiger partial charge in [0.1, 0.15) is 5.75 Å². The van der Waals surface area contributed by atoms with Crippen molar-refractivity contribution in [2.24, 2.45) is 7.05 Å². The van der Waals surface area contributed by atoms with Crippen LogP contribution >= 0.6 is 23.2 Å². The third kappa shape index (κ3) is 3.34. The Balaban J connectivity index is 2.38. The monoisotopic (exact) mass is 327 g/mol. The Hall–Kier alpha value is -1.23. The van der Waals surface area contributed by atoms with Crippen LogP contribution < -0.4 is 10.1 Å².